The highest BCUT2D eigenvalue weighted by Gasteiger charge is 2.27. The third-order valence-corrected chi connectivity index (χ3v) is 6.99. The molecule has 2 saturated heterocycles. The van der Waals surface area contributed by atoms with Gasteiger partial charge >= 0.3 is 0 Å². The second-order valence-electron chi connectivity index (χ2n) is 9.52. The predicted octanol–water partition coefficient (Wildman–Crippen LogP) is 3.75. The van der Waals surface area contributed by atoms with Crippen LogP contribution >= 0.6 is 11.6 Å². The highest BCUT2D eigenvalue weighted by Crippen LogP contribution is 2.22. The molecule has 5 rings (SSSR count). The molecule has 36 heavy (non-hydrogen) atoms. The van der Waals surface area contributed by atoms with Crippen molar-refractivity contribution in [1.82, 2.24) is 25.3 Å². The van der Waals surface area contributed by atoms with Crippen LogP contribution in [0, 0.1) is 5.92 Å². The van der Waals surface area contributed by atoms with Crippen LogP contribution in [0.5, 0.6) is 0 Å². The van der Waals surface area contributed by atoms with Crippen LogP contribution in [0.1, 0.15) is 29.9 Å². The lowest BCUT2D eigenvalue weighted by molar-refractivity contribution is -0.127. The van der Waals surface area contributed by atoms with Crippen molar-refractivity contribution in [2.75, 3.05) is 39.4 Å². The number of amides is 1. The number of piperidine rings is 1. The monoisotopic (exact) mass is 509 g/mol. The number of nitrogens with one attached hydrogen (secondary N) is 1. The first-order chi connectivity index (χ1) is 17.6. The van der Waals surface area contributed by atoms with Crippen molar-refractivity contribution >= 4 is 17.5 Å². The molecule has 0 bridgehead atoms. The van der Waals surface area contributed by atoms with Crippen LogP contribution in [0.3, 0.4) is 0 Å². The molecule has 2 fully saturated rings. The third kappa shape index (κ3) is 6.70. The minimum atomic E-state index is -0.0504. The van der Waals surface area contributed by atoms with Gasteiger partial charge in [0.25, 0.3) is 0 Å². The van der Waals surface area contributed by atoms with Gasteiger partial charge in [-0.2, -0.15) is 4.98 Å². The molecule has 190 valence electrons. The van der Waals surface area contributed by atoms with Gasteiger partial charge in [0.1, 0.15) is 0 Å². The minimum absolute atomic E-state index is 0.0504. The number of benzene rings is 2. The van der Waals surface area contributed by atoms with Crippen LogP contribution in [0.2, 0.25) is 5.02 Å². The van der Waals surface area contributed by atoms with E-state index in [4.69, 9.17) is 20.9 Å². The van der Waals surface area contributed by atoms with Crippen molar-refractivity contribution in [3.63, 3.8) is 0 Å². The lowest BCUT2D eigenvalue weighted by Crippen LogP contribution is -2.42. The van der Waals surface area contributed by atoms with E-state index in [1.807, 2.05) is 24.3 Å². The Bertz CT molecular complexity index is 1160. The van der Waals surface area contributed by atoms with Gasteiger partial charge < -0.3 is 14.6 Å². The van der Waals surface area contributed by atoms with Crippen molar-refractivity contribution in [3.05, 3.63) is 70.6 Å². The van der Waals surface area contributed by atoms with E-state index >= 15 is 0 Å². The largest absolute Gasteiger partial charge is 0.379 e. The van der Waals surface area contributed by atoms with Gasteiger partial charge in [-0.3, -0.25) is 14.6 Å². The molecule has 3 aromatic rings. The Hall–Kier alpha value is -2.78. The van der Waals surface area contributed by atoms with Gasteiger partial charge in [-0.05, 0) is 42.6 Å². The molecule has 1 N–H and O–H groups in total. The van der Waals surface area contributed by atoms with Crippen LogP contribution in [0.4, 0.5) is 0 Å². The summed E-state index contributed by atoms with van der Waals surface area (Å²) in [6.45, 7) is 7.08. The summed E-state index contributed by atoms with van der Waals surface area (Å²) < 4.78 is 10.9. The molecule has 0 spiro atoms. The van der Waals surface area contributed by atoms with Gasteiger partial charge in [-0.15, -0.1) is 0 Å². The molecule has 1 unspecified atom stereocenters. The summed E-state index contributed by atoms with van der Waals surface area (Å²) in [4.78, 5) is 22.1. The normalized spacial score (nSPS) is 19.3. The molecule has 2 aromatic carbocycles. The highest BCUT2D eigenvalue weighted by molar-refractivity contribution is 6.30. The Labute approximate surface area is 216 Å². The number of nitrogens with zero attached hydrogens (tertiary/aromatic N) is 4. The quantitative estimate of drug-likeness (QED) is 0.495. The SMILES string of the molecule is O=C(NCc1cccc(CN2CCOCC2)c1)C1CCCN(Cc2nc(-c3cccc(Cl)c3)no2)C1. The first-order valence-corrected chi connectivity index (χ1v) is 13.0. The summed E-state index contributed by atoms with van der Waals surface area (Å²) in [7, 11) is 0. The van der Waals surface area contributed by atoms with E-state index in [9.17, 15) is 4.79 Å². The van der Waals surface area contributed by atoms with Gasteiger partial charge in [-0.1, -0.05) is 53.2 Å². The van der Waals surface area contributed by atoms with Gasteiger partial charge in [0.15, 0.2) is 0 Å². The fourth-order valence-corrected chi connectivity index (χ4v) is 5.05. The standard InChI is InChI=1S/C27H32ClN5O3/c28-24-8-2-6-22(15-24)26-30-25(36-31-26)19-33-9-3-7-23(18-33)27(34)29-16-20-4-1-5-21(14-20)17-32-10-12-35-13-11-32/h1-2,4-6,8,14-15,23H,3,7,9-13,16-19H2,(H,29,34). The van der Waals surface area contributed by atoms with Crippen LogP contribution in [0.15, 0.2) is 53.1 Å². The number of morpholine rings is 1. The Kier molecular flexibility index (Phi) is 8.28. The van der Waals surface area contributed by atoms with Gasteiger partial charge in [0, 0.05) is 43.3 Å². The second-order valence-corrected chi connectivity index (χ2v) is 9.96. The zero-order valence-corrected chi connectivity index (χ0v) is 21.1. The van der Waals surface area contributed by atoms with E-state index in [1.54, 1.807) is 0 Å². The van der Waals surface area contributed by atoms with E-state index in [0.29, 0.717) is 36.4 Å². The second kappa shape index (κ2) is 12.0. The number of hydrogen-bond acceptors (Lipinski definition) is 7. The van der Waals surface area contributed by atoms with Crippen LogP contribution < -0.4 is 5.32 Å². The summed E-state index contributed by atoms with van der Waals surface area (Å²) in [6, 6.07) is 15.9. The molecular formula is C27H32ClN5O3. The maximum absolute atomic E-state index is 13.0. The van der Waals surface area contributed by atoms with E-state index in [0.717, 1.165) is 63.4 Å². The molecule has 1 aromatic heterocycles. The maximum Gasteiger partial charge on any atom is 0.241 e. The van der Waals surface area contributed by atoms with Gasteiger partial charge in [0.05, 0.1) is 25.7 Å². The Morgan fingerprint density at radius 1 is 1.03 bits per heavy atom. The van der Waals surface area contributed by atoms with E-state index in [-0.39, 0.29) is 11.8 Å². The molecular weight excluding hydrogens is 478 g/mol. The minimum Gasteiger partial charge on any atom is -0.379 e. The van der Waals surface area contributed by atoms with Crippen molar-refractivity contribution in [2.45, 2.75) is 32.5 Å². The summed E-state index contributed by atoms with van der Waals surface area (Å²) >= 11 is 6.08. The third-order valence-electron chi connectivity index (χ3n) is 6.75. The number of halogens is 1. The molecule has 8 nitrogen and oxygen atoms in total. The topological polar surface area (TPSA) is 83.7 Å². The Morgan fingerprint density at radius 2 is 1.86 bits per heavy atom. The molecule has 0 radical (unpaired) electrons. The summed E-state index contributed by atoms with van der Waals surface area (Å²) in [5.41, 5.74) is 3.22. The van der Waals surface area contributed by atoms with Crippen LogP contribution in [-0.4, -0.2) is 65.2 Å². The van der Waals surface area contributed by atoms with Crippen molar-refractivity contribution in [3.8, 4) is 11.4 Å². The fourth-order valence-electron chi connectivity index (χ4n) is 4.86. The predicted molar refractivity (Wildman–Crippen MR) is 137 cm³/mol. The number of ether oxygens (including phenoxy) is 1. The molecule has 1 amide bonds. The lowest BCUT2D eigenvalue weighted by Gasteiger charge is -2.30. The van der Waals surface area contributed by atoms with Gasteiger partial charge in [-0.25, -0.2) is 0 Å². The Balaban J connectivity index is 1.11. The maximum atomic E-state index is 13.0. The number of aromatic nitrogens is 2. The smallest absolute Gasteiger partial charge is 0.241 e. The molecule has 0 saturated carbocycles. The van der Waals surface area contributed by atoms with E-state index in [1.165, 1.54) is 5.56 Å². The van der Waals surface area contributed by atoms with E-state index < -0.39 is 0 Å². The summed E-state index contributed by atoms with van der Waals surface area (Å²) in [5.74, 6) is 1.12. The number of likely N-dealkylation sites (tertiary alicyclic amines) is 1. The zero-order valence-electron chi connectivity index (χ0n) is 20.4. The Morgan fingerprint density at radius 3 is 2.72 bits per heavy atom. The summed E-state index contributed by atoms with van der Waals surface area (Å²) in [6.07, 6.45) is 1.85. The van der Waals surface area contributed by atoms with E-state index in [2.05, 4.69) is 49.5 Å². The molecule has 3 heterocycles. The van der Waals surface area contributed by atoms with Crippen molar-refractivity contribution in [1.29, 1.82) is 0 Å². The first kappa shape index (κ1) is 24.9. The van der Waals surface area contributed by atoms with Crippen LogP contribution in [-0.2, 0) is 29.2 Å². The first-order valence-electron chi connectivity index (χ1n) is 12.6. The molecule has 2 aliphatic rings. The lowest BCUT2D eigenvalue weighted by atomic mass is 9.97. The zero-order chi connectivity index (χ0) is 24.7. The van der Waals surface area contributed by atoms with Crippen LogP contribution in [0.25, 0.3) is 11.4 Å². The summed E-state index contributed by atoms with van der Waals surface area (Å²) in [5, 5.41) is 7.88. The van der Waals surface area contributed by atoms with Crippen molar-refractivity contribution in [2.24, 2.45) is 5.92 Å². The highest BCUT2D eigenvalue weighted by atomic mass is 35.5. The number of rotatable bonds is 8. The molecule has 0 aliphatic carbocycles. The van der Waals surface area contributed by atoms with Crippen molar-refractivity contribution < 1.29 is 14.1 Å². The average molecular weight is 510 g/mol. The molecule has 9 heteroatoms. The molecule has 2 aliphatic heterocycles. The number of carbonyl (C=O) groups is 1. The number of hydrogen-bond donors (Lipinski definition) is 1. The average Bonchev–Trinajstić information content (AvgIpc) is 3.37. The van der Waals surface area contributed by atoms with Gasteiger partial charge in [0.2, 0.25) is 17.6 Å². The molecule has 1 atom stereocenters. The number of carbonyl (C=O) groups excluding carboxylic acids is 1. The fraction of sp³-hybridized carbons (Fsp3) is 0.444.